The van der Waals surface area contributed by atoms with Crippen molar-refractivity contribution < 1.29 is 23.9 Å². The van der Waals surface area contributed by atoms with E-state index in [1.807, 2.05) is 90.5 Å². The van der Waals surface area contributed by atoms with Gasteiger partial charge in [0.25, 0.3) is 5.91 Å². The summed E-state index contributed by atoms with van der Waals surface area (Å²) in [5.41, 5.74) is 5.42. The van der Waals surface area contributed by atoms with Gasteiger partial charge in [-0.25, -0.2) is 14.6 Å². The van der Waals surface area contributed by atoms with Crippen molar-refractivity contribution in [3.8, 4) is 6.07 Å². The Bertz CT molecular complexity index is 1900. The molecule has 250 valence electrons. The van der Waals surface area contributed by atoms with E-state index in [1.54, 1.807) is 24.3 Å². The Labute approximate surface area is 285 Å². The van der Waals surface area contributed by atoms with E-state index in [9.17, 15) is 14.4 Å². The molecule has 0 fully saturated rings. The van der Waals surface area contributed by atoms with Gasteiger partial charge in [0.05, 0.1) is 22.7 Å². The summed E-state index contributed by atoms with van der Waals surface area (Å²) < 4.78 is 12.8. The summed E-state index contributed by atoms with van der Waals surface area (Å²) in [5.74, 6) is -0.0655. The maximum atomic E-state index is 13.4. The van der Waals surface area contributed by atoms with Gasteiger partial charge < -0.3 is 24.7 Å². The minimum atomic E-state index is -0.886. The Kier molecular flexibility index (Phi) is 12.1. The van der Waals surface area contributed by atoms with Crippen LogP contribution in [0.1, 0.15) is 57.7 Å². The summed E-state index contributed by atoms with van der Waals surface area (Å²) in [7, 11) is 1.94. The number of fused-ring (bicyclic) bond motifs is 1. The number of rotatable bonds is 15. The monoisotopic (exact) mass is 657 g/mol. The maximum Gasteiger partial charge on any atom is 0.407 e. The van der Waals surface area contributed by atoms with Crippen LogP contribution in [0.15, 0.2) is 103 Å². The molecule has 0 aliphatic carbocycles. The van der Waals surface area contributed by atoms with E-state index in [1.165, 1.54) is 0 Å². The van der Waals surface area contributed by atoms with Crippen molar-refractivity contribution in [2.75, 3.05) is 6.54 Å². The molecule has 0 saturated carbocycles. The fourth-order valence-electron chi connectivity index (χ4n) is 5.37. The normalized spacial score (nSPS) is 11.3. The smallest absolute Gasteiger partial charge is 0.407 e. The predicted octanol–water partition coefficient (Wildman–Crippen LogP) is 6.17. The first-order valence-corrected chi connectivity index (χ1v) is 16.3. The highest BCUT2D eigenvalue weighted by Gasteiger charge is 2.23. The van der Waals surface area contributed by atoms with Gasteiger partial charge in [-0.3, -0.25) is 4.79 Å². The molecule has 4 aromatic carbocycles. The Morgan fingerprint density at radius 2 is 1.49 bits per heavy atom. The van der Waals surface area contributed by atoms with E-state index in [2.05, 4.69) is 16.7 Å². The lowest BCUT2D eigenvalue weighted by Gasteiger charge is -2.18. The lowest BCUT2D eigenvalue weighted by atomic mass is 10.1. The minimum Gasteiger partial charge on any atom is -0.459 e. The number of aryl methyl sites for hydroxylation is 3. The second-order valence-corrected chi connectivity index (χ2v) is 11.7. The number of nitrogens with zero attached hydrogens (tertiary/aromatic N) is 3. The van der Waals surface area contributed by atoms with Gasteiger partial charge in [-0.15, -0.1) is 0 Å². The molecule has 10 nitrogen and oxygen atoms in total. The third-order valence-electron chi connectivity index (χ3n) is 8.17. The number of carbonyl (C=O) groups is 3. The summed E-state index contributed by atoms with van der Waals surface area (Å²) in [6.45, 7) is 0.626. The lowest BCUT2D eigenvalue weighted by molar-refractivity contribution is -0.147. The molecule has 2 amide bonds. The van der Waals surface area contributed by atoms with Crippen LogP contribution in [0.25, 0.3) is 11.0 Å². The zero-order chi connectivity index (χ0) is 34.4. The number of aromatic nitrogens is 2. The zero-order valence-electron chi connectivity index (χ0n) is 27.4. The SMILES string of the molecule is Cn1c(CCc2ccc(C#N)cc2)nc2cc(C(=O)NC(CCCCNC(=O)OCc3ccccc3)C(=O)OCc3ccccc3)ccc21. The number of amides is 2. The quantitative estimate of drug-likeness (QED) is 0.102. The molecular formula is C39H39N5O5. The van der Waals surface area contributed by atoms with Crippen LogP contribution in [0.3, 0.4) is 0 Å². The van der Waals surface area contributed by atoms with Gasteiger partial charge in [-0.2, -0.15) is 5.26 Å². The molecule has 0 spiro atoms. The largest absolute Gasteiger partial charge is 0.459 e. The average molecular weight is 658 g/mol. The number of hydrogen-bond acceptors (Lipinski definition) is 7. The topological polar surface area (TPSA) is 135 Å². The van der Waals surface area contributed by atoms with Crippen LogP contribution in [0.5, 0.6) is 0 Å². The number of benzene rings is 4. The summed E-state index contributed by atoms with van der Waals surface area (Å²) in [6.07, 6.45) is 2.38. The second kappa shape index (κ2) is 17.3. The third-order valence-corrected chi connectivity index (χ3v) is 8.17. The summed E-state index contributed by atoms with van der Waals surface area (Å²) in [4.78, 5) is 43.5. The van der Waals surface area contributed by atoms with E-state index < -0.39 is 24.0 Å². The molecular weight excluding hydrogens is 618 g/mol. The molecule has 49 heavy (non-hydrogen) atoms. The molecule has 1 unspecified atom stereocenters. The van der Waals surface area contributed by atoms with Gasteiger partial charge in [0, 0.05) is 25.6 Å². The Morgan fingerprint density at radius 3 is 2.16 bits per heavy atom. The number of alkyl carbamates (subject to hydrolysis) is 1. The first-order valence-electron chi connectivity index (χ1n) is 16.3. The lowest BCUT2D eigenvalue weighted by Crippen LogP contribution is -2.42. The molecule has 0 aliphatic heterocycles. The van der Waals surface area contributed by atoms with Crippen molar-refractivity contribution >= 4 is 29.0 Å². The van der Waals surface area contributed by atoms with E-state index in [4.69, 9.17) is 19.7 Å². The maximum absolute atomic E-state index is 13.4. The highest BCUT2D eigenvalue weighted by molar-refractivity contribution is 5.99. The molecule has 10 heteroatoms. The van der Waals surface area contributed by atoms with Gasteiger partial charge in [0.15, 0.2) is 0 Å². The molecule has 5 rings (SSSR count). The fourth-order valence-corrected chi connectivity index (χ4v) is 5.37. The number of nitriles is 1. The minimum absolute atomic E-state index is 0.0893. The van der Waals surface area contributed by atoms with Crippen LogP contribution in [0.2, 0.25) is 0 Å². The molecule has 0 aliphatic rings. The number of carbonyl (C=O) groups excluding carboxylic acids is 3. The summed E-state index contributed by atoms with van der Waals surface area (Å²) in [6, 6.07) is 32.8. The summed E-state index contributed by atoms with van der Waals surface area (Å²) >= 11 is 0. The van der Waals surface area contributed by atoms with Crippen LogP contribution >= 0.6 is 0 Å². The molecule has 1 heterocycles. The van der Waals surface area contributed by atoms with Crippen LogP contribution in [0, 0.1) is 11.3 Å². The molecule has 0 saturated heterocycles. The van der Waals surface area contributed by atoms with Crippen LogP contribution in [0.4, 0.5) is 4.79 Å². The van der Waals surface area contributed by atoms with Crippen LogP contribution < -0.4 is 10.6 Å². The van der Waals surface area contributed by atoms with Crippen molar-refractivity contribution in [1.82, 2.24) is 20.2 Å². The van der Waals surface area contributed by atoms with Gasteiger partial charge >= 0.3 is 12.1 Å². The van der Waals surface area contributed by atoms with Crippen molar-refractivity contribution in [2.45, 2.75) is 51.4 Å². The Morgan fingerprint density at radius 1 is 0.816 bits per heavy atom. The number of imidazole rings is 1. The van der Waals surface area contributed by atoms with Crippen molar-refractivity contribution in [2.24, 2.45) is 7.05 Å². The van der Waals surface area contributed by atoms with E-state index >= 15 is 0 Å². The molecule has 0 radical (unpaired) electrons. The first kappa shape index (κ1) is 34.4. The molecule has 1 atom stereocenters. The highest BCUT2D eigenvalue weighted by atomic mass is 16.5. The van der Waals surface area contributed by atoms with Gasteiger partial charge in [0.2, 0.25) is 0 Å². The number of hydrogen-bond donors (Lipinski definition) is 2. The van der Waals surface area contributed by atoms with E-state index in [0.29, 0.717) is 48.9 Å². The molecule has 2 N–H and O–H groups in total. The second-order valence-electron chi connectivity index (χ2n) is 11.7. The van der Waals surface area contributed by atoms with Gasteiger partial charge in [-0.1, -0.05) is 72.8 Å². The Hall–Kier alpha value is -5.95. The van der Waals surface area contributed by atoms with Crippen molar-refractivity contribution in [3.05, 3.63) is 137 Å². The van der Waals surface area contributed by atoms with Crippen LogP contribution in [-0.2, 0) is 47.4 Å². The highest BCUT2D eigenvalue weighted by Crippen LogP contribution is 2.19. The zero-order valence-corrected chi connectivity index (χ0v) is 27.4. The fraction of sp³-hybridized carbons (Fsp3) is 0.256. The van der Waals surface area contributed by atoms with Crippen LogP contribution in [-0.4, -0.2) is 40.1 Å². The number of nitrogens with one attached hydrogen (secondary N) is 2. The summed E-state index contributed by atoms with van der Waals surface area (Å²) in [5, 5.41) is 14.6. The van der Waals surface area contributed by atoms with Gasteiger partial charge in [-0.05, 0) is 72.7 Å². The predicted molar refractivity (Wildman–Crippen MR) is 185 cm³/mol. The molecule has 0 bridgehead atoms. The number of unbranched alkanes of at least 4 members (excludes halogenated alkanes) is 1. The van der Waals surface area contributed by atoms with Crippen molar-refractivity contribution in [1.29, 1.82) is 5.26 Å². The average Bonchev–Trinajstić information content (AvgIpc) is 3.46. The van der Waals surface area contributed by atoms with E-state index in [-0.39, 0.29) is 13.2 Å². The first-order chi connectivity index (χ1) is 23.9. The molecule has 5 aromatic rings. The number of ether oxygens (including phenoxy) is 2. The Balaban J connectivity index is 1.17. The number of esters is 1. The standard InChI is InChI=1S/C39H39N5O5/c1-44-35-21-20-32(24-34(35)42-36(44)22-19-28-15-17-29(25-40)18-16-28)37(45)43-33(38(46)48-26-30-10-4-2-5-11-30)14-8-9-23-41-39(47)49-27-31-12-6-3-7-13-31/h2-7,10-13,15-18,20-21,24,33H,8-9,14,19,22-23,26-27H2,1H3,(H,41,47)(H,43,45). The molecule has 1 aromatic heterocycles. The third kappa shape index (κ3) is 10.0. The van der Waals surface area contributed by atoms with Crippen molar-refractivity contribution in [3.63, 3.8) is 0 Å². The van der Waals surface area contributed by atoms with E-state index in [0.717, 1.165) is 34.5 Å². The van der Waals surface area contributed by atoms with Gasteiger partial charge in [0.1, 0.15) is 25.1 Å².